The van der Waals surface area contributed by atoms with Crippen molar-refractivity contribution in [2.45, 2.75) is 32.7 Å². The second kappa shape index (κ2) is 7.52. The summed E-state index contributed by atoms with van der Waals surface area (Å²) in [5.74, 6) is 0.384. The third-order valence-electron chi connectivity index (χ3n) is 3.07. The quantitative estimate of drug-likeness (QED) is 0.846. The van der Waals surface area contributed by atoms with Gasteiger partial charge in [0.25, 0.3) is 0 Å². The first-order chi connectivity index (χ1) is 10.1. The summed E-state index contributed by atoms with van der Waals surface area (Å²) in [5, 5.41) is 4.21. The van der Waals surface area contributed by atoms with Gasteiger partial charge in [-0.3, -0.25) is 0 Å². The van der Waals surface area contributed by atoms with Gasteiger partial charge in [-0.15, -0.1) is 11.3 Å². The van der Waals surface area contributed by atoms with Crippen LogP contribution < -0.4 is 10.1 Å². The van der Waals surface area contributed by atoms with Gasteiger partial charge in [0.2, 0.25) is 0 Å². The van der Waals surface area contributed by atoms with Crippen LogP contribution in [0.1, 0.15) is 35.3 Å². The zero-order chi connectivity index (χ0) is 15.2. The number of ether oxygens (including phenoxy) is 1. The number of hydrogen-bond acceptors (Lipinski definition) is 4. The maximum Gasteiger partial charge on any atom is 0.165 e. The molecule has 0 saturated heterocycles. The van der Waals surface area contributed by atoms with Crippen LogP contribution in [-0.4, -0.2) is 18.6 Å². The standard InChI is InChI=1S/C16H21FN2OS/c1-11(2)16-14(10-18-3)21-15(19-16)8-9-20-13-7-5-4-6-12(13)17/h4-7,11,18H,8-10H2,1-3H3. The lowest BCUT2D eigenvalue weighted by Crippen LogP contribution is -2.06. The fourth-order valence-corrected chi connectivity index (χ4v) is 3.29. The van der Waals surface area contributed by atoms with E-state index in [0.29, 0.717) is 24.7 Å². The summed E-state index contributed by atoms with van der Waals surface area (Å²) in [6.07, 6.45) is 0.697. The van der Waals surface area contributed by atoms with E-state index in [0.717, 1.165) is 17.2 Å². The Morgan fingerprint density at radius 3 is 2.76 bits per heavy atom. The Hall–Kier alpha value is -1.46. The van der Waals surface area contributed by atoms with Crippen molar-refractivity contribution in [3.05, 3.63) is 45.7 Å². The molecule has 0 fully saturated rings. The van der Waals surface area contributed by atoms with E-state index in [9.17, 15) is 4.39 Å². The van der Waals surface area contributed by atoms with Crippen molar-refractivity contribution >= 4 is 11.3 Å². The number of rotatable bonds is 7. The highest BCUT2D eigenvalue weighted by molar-refractivity contribution is 7.11. The van der Waals surface area contributed by atoms with Gasteiger partial charge in [-0.2, -0.15) is 0 Å². The molecule has 2 aromatic rings. The van der Waals surface area contributed by atoms with Gasteiger partial charge < -0.3 is 10.1 Å². The molecule has 1 heterocycles. The molecule has 0 aliphatic rings. The van der Waals surface area contributed by atoms with Crippen LogP contribution in [0.15, 0.2) is 24.3 Å². The predicted molar refractivity (Wildman–Crippen MR) is 84.6 cm³/mol. The second-order valence-electron chi connectivity index (χ2n) is 5.13. The van der Waals surface area contributed by atoms with Crippen molar-refractivity contribution in [1.29, 1.82) is 0 Å². The molecule has 0 atom stereocenters. The minimum absolute atomic E-state index is 0.300. The highest BCUT2D eigenvalue weighted by Crippen LogP contribution is 2.25. The Balaban J connectivity index is 1.97. The molecular formula is C16H21FN2OS. The average Bonchev–Trinajstić information content (AvgIpc) is 2.85. The molecule has 0 amide bonds. The lowest BCUT2D eigenvalue weighted by Gasteiger charge is -2.05. The monoisotopic (exact) mass is 308 g/mol. The summed E-state index contributed by atoms with van der Waals surface area (Å²) in [6.45, 7) is 5.56. The number of aromatic nitrogens is 1. The minimum Gasteiger partial charge on any atom is -0.490 e. The van der Waals surface area contributed by atoms with Crippen molar-refractivity contribution in [3.63, 3.8) is 0 Å². The van der Waals surface area contributed by atoms with Crippen molar-refractivity contribution in [2.24, 2.45) is 0 Å². The Bertz CT molecular complexity index is 583. The second-order valence-corrected chi connectivity index (χ2v) is 6.30. The van der Waals surface area contributed by atoms with Crippen LogP contribution in [-0.2, 0) is 13.0 Å². The summed E-state index contributed by atoms with van der Waals surface area (Å²) in [7, 11) is 1.94. The van der Waals surface area contributed by atoms with Crippen molar-refractivity contribution < 1.29 is 9.13 Å². The largest absolute Gasteiger partial charge is 0.490 e. The Morgan fingerprint density at radius 1 is 1.33 bits per heavy atom. The van der Waals surface area contributed by atoms with Gasteiger partial charge in [-0.05, 0) is 25.1 Å². The molecule has 21 heavy (non-hydrogen) atoms. The summed E-state index contributed by atoms with van der Waals surface area (Å²) >= 11 is 1.70. The molecule has 3 nitrogen and oxygen atoms in total. The first-order valence-electron chi connectivity index (χ1n) is 7.12. The molecular weight excluding hydrogens is 287 g/mol. The number of benzene rings is 1. The SMILES string of the molecule is CNCc1sc(CCOc2ccccc2F)nc1C(C)C. The Morgan fingerprint density at radius 2 is 2.10 bits per heavy atom. The number of para-hydroxylation sites is 1. The molecule has 0 radical (unpaired) electrons. The summed E-state index contributed by atoms with van der Waals surface area (Å²) in [5.41, 5.74) is 1.15. The lowest BCUT2D eigenvalue weighted by molar-refractivity contribution is 0.305. The molecule has 1 aromatic heterocycles. The van der Waals surface area contributed by atoms with E-state index in [1.807, 2.05) is 7.05 Å². The van der Waals surface area contributed by atoms with E-state index in [1.165, 1.54) is 10.9 Å². The van der Waals surface area contributed by atoms with E-state index in [4.69, 9.17) is 4.74 Å². The molecule has 1 N–H and O–H groups in total. The van der Waals surface area contributed by atoms with Gasteiger partial charge in [0.1, 0.15) is 0 Å². The summed E-state index contributed by atoms with van der Waals surface area (Å²) < 4.78 is 18.9. The first-order valence-corrected chi connectivity index (χ1v) is 7.94. The summed E-state index contributed by atoms with van der Waals surface area (Å²) in [4.78, 5) is 5.96. The highest BCUT2D eigenvalue weighted by atomic mass is 32.1. The molecule has 114 valence electrons. The zero-order valence-corrected chi connectivity index (χ0v) is 13.5. The van der Waals surface area contributed by atoms with Gasteiger partial charge in [0.15, 0.2) is 11.6 Å². The molecule has 0 aliphatic heterocycles. The maximum atomic E-state index is 13.4. The van der Waals surface area contributed by atoms with Crippen LogP contribution >= 0.6 is 11.3 Å². The topological polar surface area (TPSA) is 34.1 Å². The van der Waals surface area contributed by atoms with Crippen LogP contribution in [0.5, 0.6) is 5.75 Å². The van der Waals surface area contributed by atoms with Crippen LogP contribution in [0, 0.1) is 5.82 Å². The van der Waals surface area contributed by atoms with E-state index in [-0.39, 0.29) is 5.82 Å². The van der Waals surface area contributed by atoms with Crippen LogP contribution in [0.25, 0.3) is 0 Å². The lowest BCUT2D eigenvalue weighted by atomic mass is 10.1. The van der Waals surface area contributed by atoms with E-state index in [1.54, 1.807) is 29.5 Å². The fraction of sp³-hybridized carbons (Fsp3) is 0.438. The van der Waals surface area contributed by atoms with E-state index >= 15 is 0 Å². The highest BCUT2D eigenvalue weighted by Gasteiger charge is 2.13. The van der Waals surface area contributed by atoms with Crippen molar-refractivity contribution in [1.82, 2.24) is 10.3 Å². The van der Waals surface area contributed by atoms with Crippen molar-refractivity contribution in [2.75, 3.05) is 13.7 Å². The number of hydrogen-bond donors (Lipinski definition) is 1. The first kappa shape index (κ1) is 15.9. The van der Waals surface area contributed by atoms with Gasteiger partial charge in [-0.25, -0.2) is 9.37 Å². The van der Waals surface area contributed by atoms with Crippen LogP contribution in [0.3, 0.4) is 0 Å². The van der Waals surface area contributed by atoms with Gasteiger partial charge in [-0.1, -0.05) is 26.0 Å². The Kier molecular flexibility index (Phi) is 5.70. The maximum absolute atomic E-state index is 13.4. The average molecular weight is 308 g/mol. The molecule has 0 unspecified atom stereocenters. The molecule has 0 aliphatic carbocycles. The van der Waals surface area contributed by atoms with E-state index in [2.05, 4.69) is 24.1 Å². The Labute approximate surface area is 129 Å². The number of nitrogens with zero attached hydrogens (tertiary/aromatic N) is 1. The van der Waals surface area contributed by atoms with Crippen LogP contribution in [0.4, 0.5) is 4.39 Å². The van der Waals surface area contributed by atoms with Crippen molar-refractivity contribution in [3.8, 4) is 5.75 Å². The van der Waals surface area contributed by atoms with Gasteiger partial charge in [0, 0.05) is 17.8 Å². The summed E-state index contributed by atoms with van der Waals surface area (Å²) in [6, 6.07) is 6.47. The zero-order valence-electron chi connectivity index (χ0n) is 12.6. The predicted octanol–water partition coefficient (Wildman–Crippen LogP) is 3.75. The smallest absolute Gasteiger partial charge is 0.165 e. The number of halogens is 1. The fourth-order valence-electron chi connectivity index (χ4n) is 2.07. The molecule has 0 spiro atoms. The van der Waals surface area contributed by atoms with Crippen LogP contribution in [0.2, 0.25) is 0 Å². The number of thiazole rings is 1. The molecule has 2 rings (SSSR count). The molecule has 0 saturated carbocycles. The third kappa shape index (κ3) is 4.25. The molecule has 5 heteroatoms. The molecule has 1 aromatic carbocycles. The van der Waals surface area contributed by atoms with E-state index < -0.39 is 0 Å². The normalized spacial score (nSPS) is 11.1. The third-order valence-corrected chi connectivity index (χ3v) is 4.20. The van der Waals surface area contributed by atoms with Gasteiger partial charge >= 0.3 is 0 Å². The minimum atomic E-state index is -0.324. The number of nitrogens with one attached hydrogen (secondary N) is 1. The molecule has 0 bridgehead atoms. The van der Waals surface area contributed by atoms with Gasteiger partial charge in [0.05, 0.1) is 17.3 Å².